The molecular formula is C8H19OSi. The lowest BCUT2D eigenvalue weighted by atomic mass is 10.5. The third kappa shape index (κ3) is 8.18. The molecule has 10 heavy (non-hydrogen) atoms. The highest BCUT2D eigenvalue weighted by Crippen LogP contribution is 2.07. The van der Waals surface area contributed by atoms with Gasteiger partial charge in [0.05, 0.1) is 0 Å². The Bertz CT molecular complexity index is 75.8. The van der Waals surface area contributed by atoms with Crippen LogP contribution < -0.4 is 0 Å². The first-order valence-electron chi connectivity index (χ1n) is 3.92. The SMILES string of the molecule is C[CH]COCC[Si](C)(C)C. The molecule has 0 N–H and O–H groups in total. The van der Waals surface area contributed by atoms with Gasteiger partial charge in [-0.05, 0) is 12.5 Å². The fourth-order valence-corrected chi connectivity index (χ4v) is 1.34. The van der Waals surface area contributed by atoms with Crippen LogP contribution in [0.5, 0.6) is 0 Å². The lowest BCUT2D eigenvalue weighted by Gasteiger charge is -2.14. The molecule has 0 amide bonds. The monoisotopic (exact) mass is 159 g/mol. The van der Waals surface area contributed by atoms with Crippen molar-refractivity contribution < 1.29 is 4.74 Å². The van der Waals surface area contributed by atoms with Crippen molar-refractivity contribution in [3.8, 4) is 0 Å². The van der Waals surface area contributed by atoms with Crippen LogP contribution in [-0.4, -0.2) is 21.3 Å². The summed E-state index contributed by atoms with van der Waals surface area (Å²) in [5, 5.41) is 0. The second-order valence-electron chi connectivity index (χ2n) is 3.79. The summed E-state index contributed by atoms with van der Waals surface area (Å²) in [6.45, 7) is 10.9. The Morgan fingerprint density at radius 1 is 1.30 bits per heavy atom. The topological polar surface area (TPSA) is 9.23 Å². The van der Waals surface area contributed by atoms with Crippen LogP contribution in [0.1, 0.15) is 6.92 Å². The van der Waals surface area contributed by atoms with E-state index in [1.165, 1.54) is 6.04 Å². The lowest BCUT2D eigenvalue weighted by Crippen LogP contribution is -2.21. The molecule has 0 heterocycles. The number of ether oxygens (including phenoxy) is 1. The van der Waals surface area contributed by atoms with Crippen molar-refractivity contribution in [1.29, 1.82) is 0 Å². The van der Waals surface area contributed by atoms with Crippen LogP contribution in [0.15, 0.2) is 0 Å². The summed E-state index contributed by atoms with van der Waals surface area (Å²) < 4.78 is 5.34. The highest BCUT2D eigenvalue weighted by atomic mass is 28.3. The van der Waals surface area contributed by atoms with Gasteiger partial charge in [-0.3, -0.25) is 0 Å². The van der Waals surface area contributed by atoms with Crippen LogP contribution in [0.4, 0.5) is 0 Å². The van der Waals surface area contributed by atoms with Crippen molar-refractivity contribution in [3.63, 3.8) is 0 Å². The number of hydrogen-bond donors (Lipinski definition) is 0. The largest absolute Gasteiger partial charge is 0.381 e. The zero-order chi connectivity index (χ0) is 8.04. The smallest absolute Gasteiger partial charge is 0.0494 e. The maximum Gasteiger partial charge on any atom is 0.0494 e. The highest BCUT2D eigenvalue weighted by Gasteiger charge is 2.11. The molecule has 0 saturated heterocycles. The summed E-state index contributed by atoms with van der Waals surface area (Å²) in [5.41, 5.74) is 0. The molecule has 61 valence electrons. The predicted molar refractivity (Wildman–Crippen MR) is 48.9 cm³/mol. The van der Waals surface area contributed by atoms with Crippen molar-refractivity contribution in [2.24, 2.45) is 0 Å². The van der Waals surface area contributed by atoms with E-state index < -0.39 is 8.07 Å². The molecule has 0 aliphatic rings. The zero-order valence-corrected chi connectivity index (χ0v) is 8.61. The van der Waals surface area contributed by atoms with Crippen molar-refractivity contribution in [2.45, 2.75) is 32.6 Å². The minimum atomic E-state index is -0.846. The molecule has 0 aliphatic carbocycles. The summed E-state index contributed by atoms with van der Waals surface area (Å²) in [4.78, 5) is 0. The summed E-state index contributed by atoms with van der Waals surface area (Å²) in [7, 11) is -0.846. The maximum absolute atomic E-state index is 5.34. The van der Waals surface area contributed by atoms with E-state index in [2.05, 4.69) is 19.6 Å². The standard InChI is InChI=1S/C8H19OSi/c1-5-6-9-7-8-10(2,3)4/h5H,6-8H2,1-4H3. The molecule has 0 aromatic rings. The first-order chi connectivity index (χ1) is 4.56. The highest BCUT2D eigenvalue weighted by molar-refractivity contribution is 6.76. The second kappa shape index (κ2) is 4.91. The molecule has 2 heteroatoms. The minimum absolute atomic E-state index is 0.810. The molecule has 0 spiro atoms. The van der Waals surface area contributed by atoms with E-state index in [1.54, 1.807) is 0 Å². The van der Waals surface area contributed by atoms with E-state index in [0.29, 0.717) is 0 Å². The first kappa shape index (κ1) is 10.2. The van der Waals surface area contributed by atoms with Crippen LogP contribution in [-0.2, 0) is 4.74 Å². The average Bonchev–Trinajstić information content (AvgIpc) is 1.78. The van der Waals surface area contributed by atoms with Crippen LogP contribution in [0.2, 0.25) is 25.7 Å². The first-order valence-corrected chi connectivity index (χ1v) is 7.62. The lowest BCUT2D eigenvalue weighted by molar-refractivity contribution is 0.168. The Labute approximate surface area is 65.8 Å². The van der Waals surface area contributed by atoms with Crippen LogP contribution in [0.25, 0.3) is 0 Å². The van der Waals surface area contributed by atoms with Gasteiger partial charge < -0.3 is 4.74 Å². The molecular weight excluding hydrogens is 140 g/mol. The normalized spacial score (nSPS) is 12.0. The van der Waals surface area contributed by atoms with Crippen molar-refractivity contribution in [2.75, 3.05) is 13.2 Å². The maximum atomic E-state index is 5.34. The third-order valence-electron chi connectivity index (χ3n) is 1.28. The van der Waals surface area contributed by atoms with Crippen molar-refractivity contribution in [1.82, 2.24) is 0 Å². The van der Waals surface area contributed by atoms with E-state index in [4.69, 9.17) is 4.74 Å². The van der Waals surface area contributed by atoms with Gasteiger partial charge in [-0.15, -0.1) is 0 Å². The van der Waals surface area contributed by atoms with Crippen LogP contribution in [0.3, 0.4) is 0 Å². The molecule has 1 radical (unpaired) electrons. The van der Waals surface area contributed by atoms with Crippen molar-refractivity contribution in [3.05, 3.63) is 6.42 Å². The summed E-state index contributed by atoms with van der Waals surface area (Å²) in [6, 6.07) is 1.28. The Hall–Kier alpha value is 0.177. The summed E-state index contributed by atoms with van der Waals surface area (Å²) in [6.07, 6.45) is 2.05. The van der Waals surface area contributed by atoms with Crippen molar-refractivity contribution >= 4 is 8.07 Å². The Kier molecular flexibility index (Phi) is 5.00. The van der Waals surface area contributed by atoms with Gasteiger partial charge >= 0.3 is 0 Å². The average molecular weight is 159 g/mol. The Morgan fingerprint density at radius 3 is 2.30 bits per heavy atom. The van der Waals surface area contributed by atoms with E-state index in [-0.39, 0.29) is 0 Å². The minimum Gasteiger partial charge on any atom is -0.381 e. The zero-order valence-electron chi connectivity index (χ0n) is 7.61. The molecule has 0 bridgehead atoms. The molecule has 0 atom stereocenters. The van der Waals surface area contributed by atoms with Gasteiger partial charge in [0.2, 0.25) is 0 Å². The van der Waals surface area contributed by atoms with Gasteiger partial charge in [0.1, 0.15) is 0 Å². The second-order valence-corrected chi connectivity index (χ2v) is 9.42. The molecule has 0 saturated carbocycles. The van der Waals surface area contributed by atoms with E-state index >= 15 is 0 Å². The van der Waals surface area contributed by atoms with Gasteiger partial charge in [0.15, 0.2) is 0 Å². The fourth-order valence-electron chi connectivity index (χ4n) is 0.580. The molecule has 0 aromatic heterocycles. The van der Waals surface area contributed by atoms with E-state index in [0.717, 1.165) is 13.2 Å². The van der Waals surface area contributed by atoms with Gasteiger partial charge in [0.25, 0.3) is 0 Å². The van der Waals surface area contributed by atoms with E-state index in [9.17, 15) is 0 Å². The van der Waals surface area contributed by atoms with Crippen LogP contribution >= 0.6 is 0 Å². The predicted octanol–water partition coefficient (Wildman–Crippen LogP) is 2.57. The molecule has 0 unspecified atom stereocenters. The van der Waals surface area contributed by atoms with Crippen LogP contribution in [0, 0.1) is 6.42 Å². The molecule has 0 aromatic carbocycles. The molecule has 0 rings (SSSR count). The van der Waals surface area contributed by atoms with Gasteiger partial charge in [-0.25, -0.2) is 0 Å². The number of rotatable bonds is 5. The fraction of sp³-hybridized carbons (Fsp3) is 0.875. The van der Waals surface area contributed by atoms with E-state index in [1.807, 2.05) is 13.3 Å². The number of hydrogen-bond acceptors (Lipinski definition) is 1. The molecule has 0 fully saturated rings. The quantitative estimate of drug-likeness (QED) is 0.442. The van der Waals surface area contributed by atoms with Gasteiger partial charge in [0, 0.05) is 21.3 Å². The van der Waals surface area contributed by atoms with Gasteiger partial charge in [-0.1, -0.05) is 26.6 Å². The summed E-state index contributed by atoms with van der Waals surface area (Å²) in [5.74, 6) is 0. The van der Waals surface area contributed by atoms with Gasteiger partial charge in [-0.2, -0.15) is 0 Å². The molecule has 0 aliphatic heterocycles. The summed E-state index contributed by atoms with van der Waals surface area (Å²) >= 11 is 0. The Morgan fingerprint density at radius 2 is 1.90 bits per heavy atom. The molecule has 1 nitrogen and oxygen atoms in total. The Balaban J connectivity index is 3.04. The third-order valence-corrected chi connectivity index (χ3v) is 2.99.